The molecule has 0 spiro atoms. The van der Waals surface area contributed by atoms with Gasteiger partial charge in [-0.25, -0.2) is 4.98 Å². The van der Waals surface area contributed by atoms with Gasteiger partial charge in [0.05, 0.1) is 5.69 Å². The topological polar surface area (TPSA) is 51.8 Å². The summed E-state index contributed by atoms with van der Waals surface area (Å²) in [6, 6.07) is 0. The van der Waals surface area contributed by atoms with Crippen LogP contribution in [0.3, 0.4) is 0 Å². The minimum absolute atomic E-state index is 0.473. The van der Waals surface area contributed by atoms with E-state index in [1.165, 1.54) is 37.8 Å². The number of thiazole rings is 1. The third kappa shape index (κ3) is 2.28. The van der Waals surface area contributed by atoms with Crippen LogP contribution in [0.1, 0.15) is 56.5 Å². The lowest BCUT2D eigenvalue weighted by Gasteiger charge is -2.29. The quantitative estimate of drug-likeness (QED) is 0.852. The SMILES string of the molecule is CC1CC(c2nnc(-c3nc(CC4CCC4)cs3)o2)C1. The van der Waals surface area contributed by atoms with E-state index in [-0.39, 0.29) is 0 Å². The van der Waals surface area contributed by atoms with Crippen molar-refractivity contribution in [1.29, 1.82) is 0 Å². The van der Waals surface area contributed by atoms with Gasteiger partial charge in [0.15, 0.2) is 5.01 Å². The molecule has 2 fully saturated rings. The highest BCUT2D eigenvalue weighted by Crippen LogP contribution is 2.41. The molecular formula is C15H19N3OS. The molecule has 0 saturated heterocycles. The van der Waals surface area contributed by atoms with Crippen molar-refractivity contribution in [2.45, 2.75) is 51.4 Å². The smallest absolute Gasteiger partial charge is 0.276 e. The van der Waals surface area contributed by atoms with E-state index in [4.69, 9.17) is 4.42 Å². The van der Waals surface area contributed by atoms with E-state index in [9.17, 15) is 0 Å². The lowest BCUT2D eigenvalue weighted by molar-refractivity contribution is 0.247. The molecule has 0 bridgehead atoms. The molecule has 2 aromatic heterocycles. The number of hydrogen-bond acceptors (Lipinski definition) is 5. The van der Waals surface area contributed by atoms with E-state index in [0.29, 0.717) is 11.8 Å². The Labute approximate surface area is 122 Å². The monoisotopic (exact) mass is 289 g/mol. The van der Waals surface area contributed by atoms with E-state index >= 15 is 0 Å². The summed E-state index contributed by atoms with van der Waals surface area (Å²) in [5.41, 5.74) is 1.19. The molecule has 4 rings (SSSR count). The predicted octanol–water partition coefficient (Wildman–Crippen LogP) is 4.05. The van der Waals surface area contributed by atoms with Crippen molar-refractivity contribution in [3.8, 4) is 10.9 Å². The van der Waals surface area contributed by atoms with Crippen LogP contribution in [0.5, 0.6) is 0 Å². The van der Waals surface area contributed by atoms with Gasteiger partial charge in [0.2, 0.25) is 5.89 Å². The Bertz CT molecular complexity index is 596. The van der Waals surface area contributed by atoms with Gasteiger partial charge in [-0.15, -0.1) is 21.5 Å². The lowest BCUT2D eigenvalue weighted by Crippen LogP contribution is -2.19. The Morgan fingerprint density at radius 3 is 2.85 bits per heavy atom. The second kappa shape index (κ2) is 4.95. The average Bonchev–Trinajstić information content (AvgIpc) is 2.98. The summed E-state index contributed by atoms with van der Waals surface area (Å²) >= 11 is 1.62. The fourth-order valence-electron chi connectivity index (χ4n) is 3.08. The van der Waals surface area contributed by atoms with E-state index in [1.807, 2.05) is 0 Å². The molecule has 0 N–H and O–H groups in total. The molecule has 2 aliphatic rings. The van der Waals surface area contributed by atoms with Gasteiger partial charge in [-0.3, -0.25) is 0 Å². The molecule has 5 heteroatoms. The highest BCUT2D eigenvalue weighted by Gasteiger charge is 2.31. The number of nitrogens with zero attached hydrogens (tertiary/aromatic N) is 3. The predicted molar refractivity (Wildman–Crippen MR) is 77.6 cm³/mol. The molecule has 0 atom stereocenters. The Balaban J connectivity index is 1.46. The van der Waals surface area contributed by atoms with Crippen molar-refractivity contribution >= 4 is 11.3 Å². The molecule has 106 valence electrons. The summed E-state index contributed by atoms with van der Waals surface area (Å²) in [6.07, 6.45) is 7.56. The molecule has 0 radical (unpaired) electrons. The Morgan fingerprint density at radius 1 is 1.30 bits per heavy atom. The lowest BCUT2D eigenvalue weighted by atomic mass is 9.76. The molecule has 2 heterocycles. The number of hydrogen-bond donors (Lipinski definition) is 0. The van der Waals surface area contributed by atoms with Crippen LogP contribution in [0.25, 0.3) is 10.9 Å². The second-order valence-electron chi connectivity index (χ2n) is 6.36. The van der Waals surface area contributed by atoms with Crippen molar-refractivity contribution in [2.75, 3.05) is 0 Å². The van der Waals surface area contributed by atoms with E-state index in [2.05, 4.69) is 27.5 Å². The van der Waals surface area contributed by atoms with Gasteiger partial charge in [0.25, 0.3) is 5.89 Å². The fourth-order valence-corrected chi connectivity index (χ4v) is 3.83. The normalized spacial score (nSPS) is 26.2. The maximum Gasteiger partial charge on any atom is 0.276 e. The molecule has 2 aliphatic carbocycles. The van der Waals surface area contributed by atoms with Crippen LogP contribution in [0, 0.1) is 11.8 Å². The van der Waals surface area contributed by atoms with Crippen LogP contribution < -0.4 is 0 Å². The van der Waals surface area contributed by atoms with Crippen molar-refractivity contribution in [2.24, 2.45) is 11.8 Å². The maximum absolute atomic E-state index is 5.81. The number of aromatic nitrogens is 3. The summed E-state index contributed by atoms with van der Waals surface area (Å²) in [7, 11) is 0. The second-order valence-corrected chi connectivity index (χ2v) is 7.22. The zero-order valence-electron chi connectivity index (χ0n) is 11.7. The molecule has 0 amide bonds. The van der Waals surface area contributed by atoms with Crippen LogP contribution >= 0.6 is 11.3 Å². The molecule has 20 heavy (non-hydrogen) atoms. The van der Waals surface area contributed by atoms with Crippen molar-refractivity contribution < 1.29 is 4.42 Å². The van der Waals surface area contributed by atoms with E-state index < -0.39 is 0 Å². The molecule has 0 aliphatic heterocycles. The maximum atomic E-state index is 5.81. The van der Waals surface area contributed by atoms with Gasteiger partial charge in [0.1, 0.15) is 0 Å². The minimum Gasteiger partial charge on any atom is -0.418 e. The highest BCUT2D eigenvalue weighted by molar-refractivity contribution is 7.13. The van der Waals surface area contributed by atoms with Crippen molar-refractivity contribution in [3.05, 3.63) is 17.0 Å². The van der Waals surface area contributed by atoms with Crippen molar-refractivity contribution in [1.82, 2.24) is 15.2 Å². The first-order valence-corrected chi connectivity index (χ1v) is 8.44. The first kappa shape index (κ1) is 12.5. The van der Waals surface area contributed by atoms with Gasteiger partial charge in [-0.1, -0.05) is 26.2 Å². The van der Waals surface area contributed by atoms with Gasteiger partial charge in [-0.05, 0) is 31.1 Å². The zero-order chi connectivity index (χ0) is 13.5. The Morgan fingerprint density at radius 2 is 2.15 bits per heavy atom. The van der Waals surface area contributed by atoms with E-state index in [0.717, 1.165) is 29.2 Å². The van der Waals surface area contributed by atoms with Crippen LogP contribution in [0.2, 0.25) is 0 Å². The Kier molecular flexibility index (Phi) is 3.10. The summed E-state index contributed by atoms with van der Waals surface area (Å²) in [5.74, 6) is 3.52. The van der Waals surface area contributed by atoms with Gasteiger partial charge in [-0.2, -0.15) is 0 Å². The zero-order valence-corrected chi connectivity index (χ0v) is 12.5. The number of rotatable bonds is 4. The third-order valence-electron chi connectivity index (χ3n) is 4.62. The minimum atomic E-state index is 0.473. The summed E-state index contributed by atoms with van der Waals surface area (Å²) < 4.78 is 5.81. The van der Waals surface area contributed by atoms with E-state index in [1.54, 1.807) is 11.3 Å². The standard InChI is InChI=1S/C15H19N3OS/c1-9-5-11(6-9)13-17-18-14(19-13)15-16-12(8-20-15)7-10-3-2-4-10/h8-11H,2-7H2,1H3. The van der Waals surface area contributed by atoms with Crippen LogP contribution in [0.15, 0.2) is 9.80 Å². The van der Waals surface area contributed by atoms with Gasteiger partial charge >= 0.3 is 0 Å². The van der Waals surface area contributed by atoms with Crippen molar-refractivity contribution in [3.63, 3.8) is 0 Å². The molecule has 0 unspecified atom stereocenters. The first-order chi connectivity index (χ1) is 9.78. The summed E-state index contributed by atoms with van der Waals surface area (Å²) in [6.45, 7) is 2.27. The summed E-state index contributed by atoms with van der Waals surface area (Å²) in [5, 5.41) is 11.4. The van der Waals surface area contributed by atoms with Gasteiger partial charge < -0.3 is 4.42 Å². The average molecular weight is 289 g/mol. The first-order valence-electron chi connectivity index (χ1n) is 7.56. The molecular weight excluding hydrogens is 270 g/mol. The van der Waals surface area contributed by atoms with Crippen LogP contribution in [-0.4, -0.2) is 15.2 Å². The molecule has 4 nitrogen and oxygen atoms in total. The highest BCUT2D eigenvalue weighted by atomic mass is 32.1. The molecule has 0 aromatic carbocycles. The van der Waals surface area contributed by atoms with Gasteiger partial charge in [0, 0.05) is 11.3 Å². The van der Waals surface area contributed by atoms with Crippen LogP contribution in [0.4, 0.5) is 0 Å². The molecule has 2 aromatic rings. The largest absolute Gasteiger partial charge is 0.418 e. The summed E-state index contributed by atoms with van der Waals surface area (Å²) in [4.78, 5) is 4.66. The molecule has 2 saturated carbocycles. The third-order valence-corrected chi connectivity index (χ3v) is 5.50. The Hall–Kier alpha value is -1.23. The fraction of sp³-hybridized carbons (Fsp3) is 0.667. The van der Waals surface area contributed by atoms with Crippen LogP contribution in [-0.2, 0) is 6.42 Å².